The maximum absolute atomic E-state index is 11.2. The quantitative estimate of drug-likeness (QED) is 0.0923. The SMILES string of the molecule is OC[C@H]1O[C@H](O[C@H]2[C@@H]3OC[C@H]2O[C@H](O[C@H]2[C@@H]4OC[C@H]2O[C@H](O[C@H]2[C@H](O)[C@@H](O)[C@@H](O[C@H]5[C@H](O)[C@@H](O)[C@@H](O)O[C@@H]5CO)O[C@@H]2CO)[C@@H]4O)[C@@H]3O)[C@H](O)[C@@H](O)[C@@H]1O. The van der Waals surface area contributed by atoms with E-state index in [1.807, 2.05) is 0 Å². The summed E-state index contributed by atoms with van der Waals surface area (Å²) >= 11 is 0. The van der Waals surface area contributed by atoms with Gasteiger partial charge in [-0.1, -0.05) is 0 Å². The number of fused-ring (bicyclic) bond motifs is 4. The summed E-state index contributed by atoms with van der Waals surface area (Å²) in [5.74, 6) is 0. The highest BCUT2D eigenvalue weighted by molar-refractivity contribution is 5.02. The molecular weight excluding hydrogens is 744 g/mol. The lowest BCUT2D eigenvalue weighted by atomic mass is 9.96. The minimum absolute atomic E-state index is 0.0790. The first-order valence-corrected chi connectivity index (χ1v) is 17.5. The molecule has 0 unspecified atom stereocenters. The van der Waals surface area contributed by atoms with Gasteiger partial charge in [-0.15, -0.1) is 0 Å². The summed E-state index contributed by atoms with van der Waals surface area (Å²) in [6.45, 7) is -2.47. The van der Waals surface area contributed by atoms with Gasteiger partial charge in [0.2, 0.25) is 0 Å². The van der Waals surface area contributed by atoms with E-state index in [4.69, 9.17) is 52.1 Å². The molecule has 7 saturated heterocycles. The molecule has 0 radical (unpaired) electrons. The van der Waals surface area contributed by atoms with E-state index in [9.17, 15) is 66.4 Å². The predicted octanol–water partition coefficient (Wildman–Crippen LogP) is -9.83. The highest BCUT2D eigenvalue weighted by Crippen LogP contribution is 2.40. The maximum Gasteiger partial charge on any atom is 0.187 e. The normalized spacial score (nSPS) is 56.3. The minimum Gasteiger partial charge on any atom is -0.394 e. The second-order valence-electron chi connectivity index (χ2n) is 14.2. The summed E-state index contributed by atoms with van der Waals surface area (Å²) in [7, 11) is 0. The van der Waals surface area contributed by atoms with Gasteiger partial charge in [-0.05, 0) is 0 Å². The van der Waals surface area contributed by atoms with Crippen LogP contribution in [0.25, 0.3) is 0 Å². The van der Waals surface area contributed by atoms with Gasteiger partial charge >= 0.3 is 0 Å². The average Bonchev–Trinajstić information content (AvgIpc) is 3.65. The largest absolute Gasteiger partial charge is 0.394 e. The van der Waals surface area contributed by atoms with Gasteiger partial charge in [-0.25, -0.2) is 0 Å². The Morgan fingerprint density at radius 1 is 0.370 bits per heavy atom. The molecule has 7 rings (SSSR count). The molecule has 25 atom stereocenters. The molecule has 54 heavy (non-hydrogen) atoms. The second-order valence-corrected chi connectivity index (χ2v) is 14.2. The van der Waals surface area contributed by atoms with E-state index in [-0.39, 0.29) is 13.2 Å². The third kappa shape index (κ3) is 7.44. The van der Waals surface area contributed by atoms with Crippen LogP contribution in [0.1, 0.15) is 0 Å². The van der Waals surface area contributed by atoms with E-state index in [0.717, 1.165) is 0 Å². The number of ether oxygens (including phenoxy) is 11. The zero-order chi connectivity index (χ0) is 38.7. The van der Waals surface area contributed by atoms with E-state index in [1.165, 1.54) is 0 Å². The van der Waals surface area contributed by atoms with Crippen LogP contribution in [-0.2, 0) is 52.1 Å². The number of rotatable bonds is 11. The highest BCUT2D eigenvalue weighted by atomic mass is 16.8. The fourth-order valence-corrected chi connectivity index (χ4v) is 7.77. The van der Waals surface area contributed by atoms with Gasteiger partial charge < -0.3 is 118 Å². The third-order valence-electron chi connectivity index (χ3n) is 10.8. The zero-order valence-electron chi connectivity index (χ0n) is 28.3. The summed E-state index contributed by atoms with van der Waals surface area (Å²) < 4.78 is 62.5. The monoisotopic (exact) mass is 792 g/mol. The third-order valence-corrected chi connectivity index (χ3v) is 10.8. The number of hydrogen-bond donors (Lipinski definition) is 13. The van der Waals surface area contributed by atoms with Crippen molar-refractivity contribution in [2.75, 3.05) is 33.0 Å². The molecule has 4 bridgehead atoms. The molecule has 0 spiro atoms. The Kier molecular flexibility index (Phi) is 12.8. The molecule has 13 N–H and O–H groups in total. The Hall–Kier alpha value is -0.960. The molecule has 7 aliphatic rings. The summed E-state index contributed by atoms with van der Waals surface area (Å²) in [5.41, 5.74) is 0. The van der Waals surface area contributed by atoms with E-state index >= 15 is 0 Å². The van der Waals surface area contributed by atoms with Crippen LogP contribution in [-0.4, -0.2) is 253 Å². The first-order chi connectivity index (χ1) is 25.8. The molecule has 7 fully saturated rings. The summed E-state index contributed by atoms with van der Waals surface area (Å²) in [5, 5.41) is 134. The van der Waals surface area contributed by atoms with Crippen molar-refractivity contribution in [1.82, 2.24) is 0 Å². The smallest absolute Gasteiger partial charge is 0.187 e. The summed E-state index contributed by atoms with van der Waals surface area (Å²) in [6.07, 6.45) is -37.0. The molecule has 0 aromatic heterocycles. The van der Waals surface area contributed by atoms with Crippen molar-refractivity contribution < 1.29 is 118 Å². The van der Waals surface area contributed by atoms with Gasteiger partial charge in [-0.3, -0.25) is 0 Å². The van der Waals surface area contributed by atoms with E-state index in [0.29, 0.717) is 0 Å². The van der Waals surface area contributed by atoms with Crippen LogP contribution in [0.3, 0.4) is 0 Å². The molecule has 0 saturated carbocycles. The summed E-state index contributed by atoms with van der Waals surface area (Å²) in [6, 6.07) is 0. The Morgan fingerprint density at radius 2 is 0.759 bits per heavy atom. The van der Waals surface area contributed by atoms with Crippen molar-refractivity contribution in [3.63, 3.8) is 0 Å². The maximum atomic E-state index is 11.2. The van der Waals surface area contributed by atoms with E-state index < -0.39 is 173 Å². The van der Waals surface area contributed by atoms with E-state index in [2.05, 4.69) is 0 Å². The minimum atomic E-state index is -1.92. The molecule has 7 heterocycles. The van der Waals surface area contributed by atoms with Crippen LogP contribution >= 0.6 is 0 Å². The molecule has 0 amide bonds. The standard InChI is InChI=1S/C30H48O24/c31-1-6-11(34)12(35)16(39)27(47-6)53-22-9-4-45-25(22)19(42)30(50-9)54-23-10-5-44-24(23)18(41)29(49-10)52-21-8(3-33)48-28(17(40)14(21)37)51-20-7(2-32)46-26(43)15(38)13(20)36/h6-43H,1-5H2/t6-,7-,8-,9-,10-,11-,12+,13-,14-,15-,16-,17-,18-,19-,20-,21-,22-,23-,24-,25-,26+,27-,28-,29-,30-/m1/s1. The number of aliphatic hydroxyl groups excluding tert-OH is 13. The first-order valence-electron chi connectivity index (χ1n) is 17.5. The Morgan fingerprint density at radius 3 is 1.24 bits per heavy atom. The van der Waals surface area contributed by atoms with Crippen LogP contribution in [0.2, 0.25) is 0 Å². The van der Waals surface area contributed by atoms with Crippen LogP contribution < -0.4 is 0 Å². The molecule has 0 aromatic rings. The fourth-order valence-electron chi connectivity index (χ4n) is 7.77. The second kappa shape index (κ2) is 16.7. The van der Waals surface area contributed by atoms with Gasteiger partial charge in [-0.2, -0.15) is 0 Å². The molecule has 24 nitrogen and oxygen atoms in total. The van der Waals surface area contributed by atoms with Crippen molar-refractivity contribution in [3.05, 3.63) is 0 Å². The molecular formula is C30H48O24. The van der Waals surface area contributed by atoms with Crippen molar-refractivity contribution in [3.8, 4) is 0 Å². The van der Waals surface area contributed by atoms with Crippen molar-refractivity contribution in [2.45, 2.75) is 154 Å². The molecule has 0 aromatic carbocycles. The Balaban J connectivity index is 0.954. The first kappa shape index (κ1) is 41.2. The lowest BCUT2D eigenvalue weighted by Gasteiger charge is -2.47. The van der Waals surface area contributed by atoms with Gasteiger partial charge in [0.05, 0.1) is 33.0 Å². The Bertz CT molecular complexity index is 1230. The van der Waals surface area contributed by atoms with Crippen LogP contribution in [0, 0.1) is 0 Å². The number of aliphatic hydroxyl groups is 13. The van der Waals surface area contributed by atoms with Crippen molar-refractivity contribution in [1.29, 1.82) is 0 Å². The van der Waals surface area contributed by atoms with Gasteiger partial charge in [0.1, 0.15) is 122 Å². The van der Waals surface area contributed by atoms with Gasteiger partial charge in [0.15, 0.2) is 31.5 Å². The molecule has 312 valence electrons. The summed E-state index contributed by atoms with van der Waals surface area (Å²) in [4.78, 5) is 0. The van der Waals surface area contributed by atoms with Gasteiger partial charge in [0.25, 0.3) is 0 Å². The molecule has 0 aliphatic carbocycles. The Labute approximate surface area is 305 Å². The lowest BCUT2D eigenvalue weighted by molar-refractivity contribution is -0.377. The predicted molar refractivity (Wildman–Crippen MR) is 160 cm³/mol. The van der Waals surface area contributed by atoms with E-state index in [1.54, 1.807) is 0 Å². The van der Waals surface area contributed by atoms with Crippen molar-refractivity contribution >= 4 is 0 Å². The van der Waals surface area contributed by atoms with Gasteiger partial charge in [0, 0.05) is 0 Å². The van der Waals surface area contributed by atoms with Crippen LogP contribution in [0.5, 0.6) is 0 Å². The topological polar surface area (TPSA) is 365 Å². The zero-order valence-corrected chi connectivity index (χ0v) is 28.3. The van der Waals surface area contributed by atoms with Crippen molar-refractivity contribution in [2.24, 2.45) is 0 Å². The number of hydrogen-bond acceptors (Lipinski definition) is 24. The molecule has 7 aliphatic heterocycles. The van der Waals surface area contributed by atoms with Crippen LogP contribution in [0.15, 0.2) is 0 Å². The molecule has 24 heteroatoms. The van der Waals surface area contributed by atoms with Crippen LogP contribution in [0.4, 0.5) is 0 Å². The lowest BCUT2D eigenvalue weighted by Crippen LogP contribution is -2.66. The average molecular weight is 793 g/mol. The highest BCUT2D eigenvalue weighted by Gasteiger charge is 2.60. The fraction of sp³-hybridized carbons (Fsp3) is 1.00.